The van der Waals surface area contributed by atoms with Gasteiger partial charge in [-0.2, -0.15) is 0 Å². The highest BCUT2D eigenvalue weighted by Gasteiger charge is 2.31. The van der Waals surface area contributed by atoms with Crippen LogP contribution in [-0.2, 0) is 26.2 Å². The van der Waals surface area contributed by atoms with Gasteiger partial charge >= 0.3 is 0 Å². The van der Waals surface area contributed by atoms with Crippen molar-refractivity contribution in [3.8, 4) is 11.5 Å². The molecular weight excluding hydrogens is 482 g/mol. The van der Waals surface area contributed by atoms with Crippen LogP contribution in [-0.4, -0.2) is 64.7 Å². The van der Waals surface area contributed by atoms with E-state index in [1.54, 1.807) is 19.1 Å². The standard InChI is InChI=1S/C26H37N3O6S/c1-7-8-14-27-26(31)20(3)28(17-21-11-9-10-19(2)15-21)25(30)18-29(36(6,32)33)23-13-12-22(34-4)16-24(23)35-5/h9-13,15-16,20H,7-8,14,17-18H2,1-6H3,(H,27,31)/t20-/m0/s1. The minimum atomic E-state index is -3.88. The molecule has 0 aromatic heterocycles. The summed E-state index contributed by atoms with van der Waals surface area (Å²) >= 11 is 0. The Labute approximate surface area is 214 Å². The van der Waals surface area contributed by atoms with E-state index in [1.165, 1.54) is 25.2 Å². The Morgan fingerprint density at radius 2 is 1.81 bits per heavy atom. The average Bonchev–Trinajstić information content (AvgIpc) is 2.84. The Balaban J connectivity index is 2.42. The molecule has 2 rings (SSSR count). The first kappa shape index (κ1) is 29.0. The number of anilines is 1. The van der Waals surface area contributed by atoms with Crippen molar-refractivity contribution in [2.45, 2.75) is 46.2 Å². The Bertz CT molecular complexity index is 1150. The third-order valence-corrected chi connectivity index (χ3v) is 6.89. The maximum atomic E-state index is 13.6. The number of amides is 2. The van der Waals surface area contributed by atoms with Gasteiger partial charge in [0.05, 0.1) is 26.2 Å². The van der Waals surface area contributed by atoms with Crippen LogP contribution in [0.1, 0.15) is 37.8 Å². The lowest BCUT2D eigenvalue weighted by molar-refractivity contribution is -0.139. The molecule has 0 unspecified atom stereocenters. The summed E-state index contributed by atoms with van der Waals surface area (Å²) in [7, 11) is -0.979. The molecule has 2 aromatic rings. The molecule has 0 spiro atoms. The van der Waals surface area contributed by atoms with Gasteiger partial charge < -0.3 is 19.7 Å². The highest BCUT2D eigenvalue weighted by molar-refractivity contribution is 7.92. The largest absolute Gasteiger partial charge is 0.497 e. The highest BCUT2D eigenvalue weighted by atomic mass is 32.2. The number of sulfonamides is 1. The van der Waals surface area contributed by atoms with Crippen molar-refractivity contribution in [2.24, 2.45) is 0 Å². The number of nitrogens with zero attached hydrogens (tertiary/aromatic N) is 2. The summed E-state index contributed by atoms with van der Waals surface area (Å²) in [5.74, 6) is -0.0904. The number of aryl methyl sites for hydroxylation is 1. The van der Waals surface area contributed by atoms with E-state index in [9.17, 15) is 18.0 Å². The van der Waals surface area contributed by atoms with Crippen LogP contribution in [0.5, 0.6) is 11.5 Å². The molecule has 1 N–H and O–H groups in total. The van der Waals surface area contributed by atoms with Crippen LogP contribution in [0.2, 0.25) is 0 Å². The normalized spacial score (nSPS) is 11.9. The topological polar surface area (TPSA) is 105 Å². The fourth-order valence-corrected chi connectivity index (χ4v) is 4.56. The van der Waals surface area contributed by atoms with Gasteiger partial charge in [-0.1, -0.05) is 43.2 Å². The molecule has 0 saturated carbocycles. The number of hydrogen-bond acceptors (Lipinski definition) is 6. The summed E-state index contributed by atoms with van der Waals surface area (Å²) in [6.07, 6.45) is 2.77. The van der Waals surface area contributed by atoms with Crippen molar-refractivity contribution >= 4 is 27.5 Å². The van der Waals surface area contributed by atoms with Gasteiger partial charge in [0.15, 0.2) is 0 Å². The quantitative estimate of drug-likeness (QED) is 0.408. The third-order valence-electron chi connectivity index (χ3n) is 5.77. The van der Waals surface area contributed by atoms with E-state index in [-0.39, 0.29) is 23.9 Å². The zero-order chi connectivity index (χ0) is 26.9. The molecule has 0 bridgehead atoms. The number of carbonyl (C=O) groups is 2. The molecule has 0 aliphatic rings. The molecule has 10 heteroatoms. The number of benzene rings is 2. The Hall–Kier alpha value is -3.27. The van der Waals surface area contributed by atoms with Gasteiger partial charge in [-0.05, 0) is 38.0 Å². The first-order valence-corrected chi connectivity index (χ1v) is 13.7. The van der Waals surface area contributed by atoms with Crippen molar-refractivity contribution in [1.82, 2.24) is 10.2 Å². The zero-order valence-electron chi connectivity index (χ0n) is 21.9. The molecular formula is C26H37N3O6S. The fourth-order valence-electron chi connectivity index (χ4n) is 3.71. The minimum Gasteiger partial charge on any atom is -0.497 e. The number of hydrogen-bond donors (Lipinski definition) is 1. The molecule has 0 radical (unpaired) electrons. The van der Waals surface area contributed by atoms with E-state index in [4.69, 9.17) is 9.47 Å². The molecule has 198 valence electrons. The lowest BCUT2D eigenvalue weighted by Gasteiger charge is -2.32. The molecule has 0 aliphatic carbocycles. The number of nitrogens with one attached hydrogen (secondary N) is 1. The van der Waals surface area contributed by atoms with E-state index in [2.05, 4.69) is 5.32 Å². The third kappa shape index (κ3) is 7.87. The molecule has 0 heterocycles. The Morgan fingerprint density at radius 3 is 2.39 bits per heavy atom. The summed E-state index contributed by atoms with van der Waals surface area (Å²) in [6, 6.07) is 11.5. The van der Waals surface area contributed by atoms with Crippen molar-refractivity contribution in [3.63, 3.8) is 0 Å². The predicted molar refractivity (Wildman–Crippen MR) is 141 cm³/mol. The smallest absolute Gasteiger partial charge is 0.244 e. The number of carbonyl (C=O) groups excluding carboxylic acids is 2. The number of rotatable bonds is 13. The minimum absolute atomic E-state index is 0.153. The van der Waals surface area contributed by atoms with Crippen LogP contribution in [0.3, 0.4) is 0 Å². The number of ether oxygens (including phenoxy) is 2. The van der Waals surface area contributed by atoms with Crippen molar-refractivity contribution in [2.75, 3.05) is 37.9 Å². The molecule has 0 saturated heterocycles. The summed E-state index contributed by atoms with van der Waals surface area (Å²) in [4.78, 5) is 27.9. The molecule has 36 heavy (non-hydrogen) atoms. The average molecular weight is 520 g/mol. The molecule has 1 atom stereocenters. The molecule has 9 nitrogen and oxygen atoms in total. The van der Waals surface area contributed by atoms with Crippen molar-refractivity contribution in [1.29, 1.82) is 0 Å². The van der Waals surface area contributed by atoms with Gasteiger partial charge in [0.1, 0.15) is 24.1 Å². The van der Waals surface area contributed by atoms with Gasteiger partial charge in [-0.15, -0.1) is 0 Å². The second-order valence-corrected chi connectivity index (χ2v) is 10.5. The lowest BCUT2D eigenvalue weighted by atomic mass is 10.1. The Morgan fingerprint density at radius 1 is 1.08 bits per heavy atom. The Kier molecular flexibility index (Phi) is 10.6. The number of methoxy groups -OCH3 is 2. The van der Waals surface area contributed by atoms with Crippen LogP contribution < -0.4 is 19.1 Å². The van der Waals surface area contributed by atoms with E-state index >= 15 is 0 Å². The van der Waals surface area contributed by atoms with Gasteiger partial charge in [0, 0.05) is 19.2 Å². The number of unbranched alkanes of at least 4 members (excludes halogenated alkanes) is 1. The van der Waals surface area contributed by atoms with Crippen LogP contribution in [0.25, 0.3) is 0 Å². The first-order valence-electron chi connectivity index (χ1n) is 11.8. The molecule has 0 fully saturated rings. The van der Waals surface area contributed by atoms with Gasteiger partial charge in [-0.3, -0.25) is 13.9 Å². The second kappa shape index (κ2) is 13.2. The first-order chi connectivity index (χ1) is 17.0. The fraction of sp³-hybridized carbons (Fsp3) is 0.462. The summed E-state index contributed by atoms with van der Waals surface area (Å²) < 4.78 is 37.1. The van der Waals surface area contributed by atoms with Crippen LogP contribution in [0.4, 0.5) is 5.69 Å². The van der Waals surface area contributed by atoms with E-state index in [0.29, 0.717) is 12.3 Å². The zero-order valence-corrected chi connectivity index (χ0v) is 22.7. The summed E-state index contributed by atoms with van der Waals surface area (Å²) in [5, 5.41) is 2.86. The van der Waals surface area contributed by atoms with Crippen molar-refractivity contribution in [3.05, 3.63) is 53.6 Å². The summed E-state index contributed by atoms with van der Waals surface area (Å²) in [6.45, 7) is 5.77. The van der Waals surface area contributed by atoms with Gasteiger partial charge in [0.2, 0.25) is 21.8 Å². The summed E-state index contributed by atoms with van der Waals surface area (Å²) in [5.41, 5.74) is 2.05. The lowest BCUT2D eigenvalue weighted by Crippen LogP contribution is -2.51. The van der Waals surface area contributed by atoms with Crippen LogP contribution >= 0.6 is 0 Å². The SMILES string of the molecule is CCCCNC(=O)[C@H](C)N(Cc1cccc(C)c1)C(=O)CN(c1ccc(OC)cc1OC)S(C)(=O)=O. The van der Waals surface area contributed by atoms with Crippen LogP contribution in [0, 0.1) is 6.92 Å². The highest BCUT2D eigenvalue weighted by Crippen LogP contribution is 2.33. The molecule has 0 aliphatic heterocycles. The van der Waals surface area contributed by atoms with E-state index in [0.717, 1.165) is 34.5 Å². The van der Waals surface area contributed by atoms with E-state index in [1.807, 2.05) is 38.1 Å². The van der Waals surface area contributed by atoms with E-state index < -0.39 is 28.5 Å². The van der Waals surface area contributed by atoms with Gasteiger partial charge in [-0.25, -0.2) is 8.42 Å². The van der Waals surface area contributed by atoms with Crippen LogP contribution in [0.15, 0.2) is 42.5 Å². The maximum absolute atomic E-state index is 13.6. The maximum Gasteiger partial charge on any atom is 0.244 e. The van der Waals surface area contributed by atoms with Gasteiger partial charge in [0.25, 0.3) is 0 Å². The predicted octanol–water partition coefficient (Wildman–Crippen LogP) is 3.11. The monoisotopic (exact) mass is 519 g/mol. The van der Waals surface area contributed by atoms with Crippen molar-refractivity contribution < 1.29 is 27.5 Å². The molecule has 2 amide bonds. The second-order valence-electron chi connectivity index (χ2n) is 8.64. The molecule has 2 aromatic carbocycles.